The van der Waals surface area contributed by atoms with E-state index in [0.29, 0.717) is 21.7 Å². The number of carbonyl (C=O) groups is 1. The van der Waals surface area contributed by atoms with Gasteiger partial charge >= 0.3 is 12.1 Å². The molecule has 158 valence electrons. The molecular formula is C19H19Cl2F3N2O3. The standard InChI is InChI=1S/C17H18Cl2N2O.C2HF3O2/c1-16(2)10-6-7-17(16,3)14-13(10)15(22)21(20-14)12-8-9(18)4-5-11(12)19;3-2(4,5)1(6)7/h4-5,8,10,20H,6-7H2,1-3H3;(H,6,7)/t10-,17+;/m1./s1. The van der Waals surface area contributed by atoms with Gasteiger partial charge in [0.1, 0.15) is 0 Å². The molecule has 0 spiro atoms. The highest BCUT2D eigenvalue weighted by atomic mass is 35.5. The van der Waals surface area contributed by atoms with Crippen molar-refractivity contribution in [2.24, 2.45) is 5.41 Å². The molecular weight excluding hydrogens is 432 g/mol. The Labute approximate surface area is 174 Å². The third-order valence-electron chi connectivity index (χ3n) is 6.44. The first-order valence-corrected chi connectivity index (χ1v) is 9.58. The van der Waals surface area contributed by atoms with Gasteiger partial charge in [0.15, 0.2) is 0 Å². The highest BCUT2D eigenvalue weighted by Gasteiger charge is 2.61. The van der Waals surface area contributed by atoms with Crippen LogP contribution in [0, 0.1) is 5.41 Å². The maximum Gasteiger partial charge on any atom is 0.490 e. The first kappa shape index (κ1) is 21.8. The van der Waals surface area contributed by atoms with Gasteiger partial charge in [-0.3, -0.25) is 9.89 Å². The van der Waals surface area contributed by atoms with Crippen molar-refractivity contribution in [2.45, 2.75) is 51.1 Å². The lowest BCUT2D eigenvalue weighted by atomic mass is 9.70. The van der Waals surface area contributed by atoms with Crippen LogP contribution in [0.3, 0.4) is 0 Å². The van der Waals surface area contributed by atoms with Crippen LogP contribution >= 0.6 is 23.2 Å². The third-order valence-corrected chi connectivity index (χ3v) is 7.00. The molecule has 2 aliphatic carbocycles. The number of fused-ring (bicyclic) bond motifs is 5. The average Bonchev–Trinajstić information content (AvgIpc) is 3.11. The monoisotopic (exact) mass is 450 g/mol. The van der Waals surface area contributed by atoms with E-state index >= 15 is 0 Å². The Kier molecular flexibility index (Phi) is 5.11. The molecule has 0 amide bonds. The second-order valence-corrected chi connectivity index (χ2v) is 8.93. The molecule has 2 atom stereocenters. The van der Waals surface area contributed by atoms with Crippen LogP contribution in [-0.2, 0) is 10.2 Å². The zero-order valence-electron chi connectivity index (χ0n) is 15.8. The summed E-state index contributed by atoms with van der Waals surface area (Å²) in [6, 6.07) is 5.17. The first-order chi connectivity index (χ1) is 13.2. The average molecular weight is 451 g/mol. The summed E-state index contributed by atoms with van der Waals surface area (Å²) in [6.07, 6.45) is -2.90. The van der Waals surface area contributed by atoms with Crippen molar-refractivity contribution < 1.29 is 23.1 Å². The number of hydrogen-bond donors (Lipinski definition) is 2. The van der Waals surface area contributed by atoms with Gasteiger partial charge < -0.3 is 5.11 Å². The second kappa shape index (κ2) is 6.80. The fourth-order valence-electron chi connectivity index (χ4n) is 4.47. The van der Waals surface area contributed by atoms with Crippen molar-refractivity contribution in [2.75, 3.05) is 0 Å². The molecule has 2 bridgehead atoms. The summed E-state index contributed by atoms with van der Waals surface area (Å²) in [5.74, 6) is -2.44. The molecule has 1 heterocycles. The number of halogens is 5. The van der Waals surface area contributed by atoms with E-state index in [4.69, 9.17) is 33.1 Å². The number of hydrogen-bond acceptors (Lipinski definition) is 2. The predicted molar refractivity (Wildman–Crippen MR) is 103 cm³/mol. The molecule has 1 aromatic carbocycles. The van der Waals surface area contributed by atoms with Crippen LogP contribution in [0.1, 0.15) is 50.8 Å². The summed E-state index contributed by atoms with van der Waals surface area (Å²) in [6.45, 7) is 6.81. The number of carboxylic acids is 1. The van der Waals surface area contributed by atoms with Crippen LogP contribution in [0.4, 0.5) is 13.2 Å². The Balaban J connectivity index is 0.000000298. The minimum Gasteiger partial charge on any atom is -0.475 e. The van der Waals surface area contributed by atoms with Gasteiger partial charge in [0.05, 0.1) is 10.7 Å². The summed E-state index contributed by atoms with van der Waals surface area (Å²) >= 11 is 12.3. The van der Waals surface area contributed by atoms with Crippen molar-refractivity contribution in [1.29, 1.82) is 0 Å². The number of nitrogens with one attached hydrogen (secondary N) is 1. The number of aliphatic carboxylic acids is 1. The van der Waals surface area contributed by atoms with E-state index in [1.807, 2.05) is 0 Å². The predicted octanol–water partition coefficient (Wildman–Crippen LogP) is 5.28. The van der Waals surface area contributed by atoms with Gasteiger partial charge in [-0.15, -0.1) is 0 Å². The van der Waals surface area contributed by atoms with Crippen LogP contribution in [0.5, 0.6) is 0 Å². The molecule has 0 aliphatic heterocycles. The number of H-pyrrole nitrogens is 1. The van der Waals surface area contributed by atoms with Gasteiger partial charge in [0.2, 0.25) is 0 Å². The number of rotatable bonds is 1. The van der Waals surface area contributed by atoms with Crippen molar-refractivity contribution in [3.8, 4) is 5.69 Å². The van der Waals surface area contributed by atoms with Crippen molar-refractivity contribution in [3.05, 3.63) is 49.9 Å². The number of benzene rings is 1. The van der Waals surface area contributed by atoms with Crippen molar-refractivity contribution >= 4 is 29.2 Å². The zero-order chi connectivity index (χ0) is 21.9. The summed E-state index contributed by atoms with van der Waals surface area (Å²) in [5.41, 5.74) is 2.78. The number of alkyl halides is 3. The maximum absolute atomic E-state index is 13.0. The van der Waals surface area contributed by atoms with Gasteiger partial charge in [-0.2, -0.15) is 13.2 Å². The zero-order valence-corrected chi connectivity index (χ0v) is 17.3. The van der Waals surface area contributed by atoms with Crippen LogP contribution in [0.25, 0.3) is 5.69 Å². The number of carboxylic acid groups (broad SMARTS) is 1. The minimum atomic E-state index is -5.08. The molecule has 1 saturated carbocycles. The Bertz CT molecular complexity index is 1040. The smallest absolute Gasteiger partial charge is 0.475 e. The molecule has 1 aromatic heterocycles. The van der Waals surface area contributed by atoms with E-state index < -0.39 is 12.1 Å². The lowest BCUT2D eigenvalue weighted by Crippen LogP contribution is -2.33. The third kappa shape index (κ3) is 3.26. The summed E-state index contributed by atoms with van der Waals surface area (Å²) < 4.78 is 33.3. The van der Waals surface area contributed by atoms with E-state index in [0.717, 1.165) is 24.1 Å². The van der Waals surface area contributed by atoms with E-state index in [1.165, 1.54) is 0 Å². The van der Waals surface area contributed by atoms with Crippen LogP contribution in [0.2, 0.25) is 10.0 Å². The number of nitrogens with zero attached hydrogens (tertiary/aromatic N) is 1. The Morgan fingerprint density at radius 3 is 2.38 bits per heavy atom. The largest absolute Gasteiger partial charge is 0.490 e. The fraction of sp³-hybridized carbons (Fsp3) is 0.474. The Morgan fingerprint density at radius 1 is 1.28 bits per heavy atom. The summed E-state index contributed by atoms with van der Waals surface area (Å²) in [7, 11) is 0. The molecule has 2 N–H and O–H groups in total. The van der Waals surface area contributed by atoms with Crippen LogP contribution in [0.15, 0.2) is 23.0 Å². The number of aromatic amines is 1. The van der Waals surface area contributed by atoms with Crippen molar-refractivity contribution in [3.63, 3.8) is 0 Å². The van der Waals surface area contributed by atoms with Gasteiger partial charge in [0, 0.05) is 21.7 Å². The highest BCUT2D eigenvalue weighted by molar-refractivity contribution is 6.34. The van der Waals surface area contributed by atoms with Gasteiger partial charge in [0.25, 0.3) is 5.56 Å². The van der Waals surface area contributed by atoms with E-state index in [2.05, 4.69) is 25.9 Å². The molecule has 4 rings (SSSR count). The molecule has 2 aliphatic rings. The fourth-order valence-corrected chi connectivity index (χ4v) is 4.84. The summed E-state index contributed by atoms with van der Waals surface area (Å²) in [4.78, 5) is 21.9. The quantitative estimate of drug-likeness (QED) is 0.620. The molecule has 29 heavy (non-hydrogen) atoms. The molecule has 0 radical (unpaired) electrons. The molecule has 5 nitrogen and oxygen atoms in total. The second-order valence-electron chi connectivity index (χ2n) is 8.08. The highest BCUT2D eigenvalue weighted by Crippen LogP contribution is 2.66. The maximum atomic E-state index is 13.0. The Hall–Kier alpha value is -1.93. The molecule has 0 unspecified atom stereocenters. The molecule has 10 heteroatoms. The summed E-state index contributed by atoms with van der Waals surface area (Å²) in [5, 5.41) is 11.5. The van der Waals surface area contributed by atoms with Gasteiger partial charge in [-0.05, 0) is 42.4 Å². The van der Waals surface area contributed by atoms with Crippen molar-refractivity contribution in [1.82, 2.24) is 9.78 Å². The molecule has 2 aromatic rings. The Morgan fingerprint density at radius 2 is 1.86 bits per heavy atom. The van der Waals surface area contributed by atoms with Gasteiger partial charge in [-0.1, -0.05) is 44.0 Å². The molecule has 0 saturated heterocycles. The number of aromatic nitrogens is 2. The minimum absolute atomic E-state index is 0.0145. The SMILES string of the molecule is CC1(C)[C@@H]2CC[C@@]1(C)c1[nH]n(-c3cc(Cl)ccc3Cl)c(=O)c12.O=C(O)C(F)(F)F. The van der Waals surface area contributed by atoms with Gasteiger partial charge in [-0.25, -0.2) is 9.48 Å². The first-order valence-electron chi connectivity index (χ1n) is 8.82. The van der Waals surface area contributed by atoms with E-state index in [9.17, 15) is 18.0 Å². The molecule has 1 fully saturated rings. The topological polar surface area (TPSA) is 75.1 Å². The normalized spacial score (nSPS) is 24.1. The lowest BCUT2D eigenvalue weighted by Gasteiger charge is -2.34. The van der Waals surface area contributed by atoms with E-state index in [-0.39, 0.29) is 16.4 Å². The van der Waals surface area contributed by atoms with Crippen LogP contribution in [-0.4, -0.2) is 27.0 Å². The van der Waals surface area contributed by atoms with Crippen LogP contribution < -0.4 is 5.56 Å². The lowest BCUT2D eigenvalue weighted by molar-refractivity contribution is -0.192. The van der Waals surface area contributed by atoms with E-state index in [1.54, 1.807) is 22.9 Å².